The second-order valence-corrected chi connectivity index (χ2v) is 7.76. The molecule has 5 nitrogen and oxygen atoms in total. The van der Waals surface area contributed by atoms with E-state index in [1.54, 1.807) is 0 Å². The maximum atomic E-state index is 12.0. The number of rotatable bonds is 3. The zero-order chi connectivity index (χ0) is 18.9. The van der Waals surface area contributed by atoms with Gasteiger partial charge in [-0.2, -0.15) is 0 Å². The van der Waals surface area contributed by atoms with Crippen molar-refractivity contribution in [2.45, 2.75) is 58.7 Å². The highest BCUT2D eigenvalue weighted by atomic mass is 16.7. The van der Waals surface area contributed by atoms with E-state index in [2.05, 4.69) is 5.32 Å². The summed E-state index contributed by atoms with van der Waals surface area (Å²) in [5, 5.41) is 2.76. The molecule has 1 fully saturated rings. The summed E-state index contributed by atoms with van der Waals surface area (Å²) in [6.07, 6.45) is 7.09. The van der Waals surface area contributed by atoms with E-state index < -0.39 is 13.2 Å². The number of carbonyl (C=O) groups excluding carboxylic acids is 1. The van der Waals surface area contributed by atoms with Crippen LogP contribution in [0.1, 0.15) is 46.1 Å². The van der Waals surface area contributed by atoms with Crippen LogP contribution in [0.5, 0.6) is 0 Å². The van der Waals surface area contributed by atoms with E-state index >= 15 is 0 Å². The van der Waals surface area contributed by atoms with Crippen LogP contribution in [0, 0.1) is 6.92 Å². The molecule has 1 aromatic rings. The Kier molecular flexibility index (Phi) is 4.99. The van der Waals surface area contributed by atoms with Crippen LogP contribution in [0.2, 0.25) is 0 Å². The molecule has 2 aliphatic rings. The van der Waals surface area contributed by atoms with Crippen molar-refractivity contribution < 1.29 is 18.8 Å². The summed E-state index contributed by atoms with van der Waals surface area (Å²) in [5.41, 5.74) is 1.85. The predicted molar refractivity (Wildman–Crippen MR) is 103 cm³/mol. The second kappa shape index (κ2) is 6.93. The van der Waals surface area contributed by atoms with Gasteiger partial charge in [0.15, 0.2) is 0 Å². The van der Waals surface area contributed by atoms with Gasteiger partial charge in [-0.3, -0.25) is 5.32 Å². The van der Waals surface area contributed by atoms with Crippen LogP contribution in [-0.2, 0) is 14.0 Å². The Labute approximate surface area is 155 Å². The summed E-state index contributed by atoms with van der Waals surface area (Å²) in [6, 6.07) is 5.65. The van der Waals surface area contributed by atoms with Crippen molar-refractivity contribution in [3.05, 3.63) is 47.7 Å². The SMILES string of the molecule is Cc1cc(NC(=O)OC2=CCCC=C2)ccc1B1OC(C)(C)C(C)(C)O1. The molecule has 1 aliphatic carbocycles. The zero-order valence-corrected chi connectivity index (χ0v) is 16.1. The molecule has 0 atom stereocenters. The largest absolute Gasteiger partial charge is 0.495 e. The molecular formula is C20H26BNO4. The van der Waals surface area contributed by atoms with Gasteiger partial charge in [0.05, 0.1) is 11.2 Å². The molecule has 1 N–H and O–H groups in total. The summed E-state index contributed by atoms with van der Waals surface area (Å²) in [7, 11) is -0.418. The number of ether oxygens (including phenoxy) is 1. The first-order valence-corrected chi connectivity index (χ1v) is 9.00. The molecular weight excluding hydrogens is 329 g/mol. The van der Waals surface area contributed by atoms with Gasteiger partial charge in [-0.1, -0.05) is 12.1 Å². The van der Waals surface area contributed by atoms with Crippen LogP contribution in [0.25, 0.3) is 0 Å². The van der Waals surface area contributed by atoms with Gasteiger partial charge in [0.2, 0.25) is 0 Å². The molecule has 6 heteroatoms. The van der Waals surface area contributed by atoms with Crippen LogP contribution in [0.3, 0.4) is 0 Å². The minimum atomic E-state index is -0.495. The number of hydrogen-bond donors (Lipinski definition) is 1. The smallest absolute Gasteiger partial charge is 0.410 e. The lowest BCUT2D eigenvalue weighted by molar-refractivity contribution is 0.00578. The fourth-order valence-corrected chi connectivity index (χ4v) is 2.90. The Morgan fingerprint density at radius 1 is 1.15 bits per heavy atom. The predicted octanol–water partition coefficient (Wildman–Crippen LogP) is 4.08. The molecule has 0 saturated carbocycles. The summed E-state index contributed by atoms with van der Waals surface area (Å²) in [6.45, 7) is 10.1. The van der Waals surface area contributed by atoms with Gasteiger partial charge in [0.1, 0.15) is 5.76 Å². The lowest BCUT2D eigenvalue weighted by Gasteiger charge is -2.32. The second-order valence-electron chi connectivity index (χ2n) is 7.76. The number of aryl methyl sites for hydroxylation is 1. The quantitative estimate of drug-likeness (QED) is 0.831. The number of hydrogen-bond acceptors (Lipinski definition) is 4. The molecule has 0 aromatic heterocycles. The highest BCUT2D eigenvalue weighted by molar-refractivity contribution is 6.62. The Bertz CT molecular complexity index is 751. The first-order valence-electron chi connectivity index (χ1n) is 9.00. The Morgan fingerprint density at radius 3 is 2.42 bits per heavy atom. The van der Waals surface area contributed by atoms with E-state index in [9.17, 15) is 4.79 Å². The molecule has 0 spiro atoms. The number of benzene rings is 1. The van der Waals surface area contributed by atoms with E-state index in [0.29, 0.717) is 11.4 Å². The van der Waals surface area contributed by atoms with Crippen LogP contribution >= 0.6 is 0 Å². The molecule has 1 saturated heterocycles. The minimum absolute atomic E-state index is 0.383. The van der Waals surface area contributed by atoms with Crippen molar-refractivity contribution in [3.63, 3.8) is 0 Å². The molecule has 0 radical (unpaired) electrons. The van der Waals surface area contributed by atoms with Crippen molar-refractivity contribution in [1.82, 2.24) is 0 Å². The molecule has 0 unspecified atom stereocenters. The number of nitrogens with one attached hydrogen (secondary N) is 1. The number of amides is 1. The first-order chi connectivity index (χ1) is 12.2. The normalized spacial score (nSPS) is 20.7. The monoisotopic (exact) mass is 355 g/mol. The van der Waals surface area contributed by atoms with Gasteiger partial charge in [-0.15, -0.1) is 0 Å². The Balaban J connectivity index is 1.67. The average Bonchev–Trinajstić information content (AvgIpc) is 2.76. The topological polar surface area (TPSA) is 56.8 Å². The number of anilines is 1. The average molecular weight is 355 g/mol. The van der Waals surface area contributed by atoms with Crippen LogP contribution < -0.4 is 10.8 Å². The highest BCUT2D eigenvalue weighted by Gasteiger charge is 2.52. The van der Waals surface area contributed by atoms with Crippen LogP contribution in [-0.4, -0.2) is 24.4 Å². The van der Waals surface area contributed by atoms with E-state index in [1.807, 2.05) is 71.0 Å². The molecule has 3 rings (SSSR count). The zero-order valence-electron chi connectivity index (χ0n) is 16.1. The van der Waals surface area contributed by atoms with Gasteiger partial charge >= 0.3 is 13.2 Å². The van der Waals surface area contributed by atoms with E-state index in [0.717, 1.165) is 23.9 Å². The third kappa shape index (κ3) is 3.86. The summed E-state index contributed by atoms with van der Waals surface area (Å²) in [5.74, 6) is 0.583. The van der Waals surface area contributed by atoms with Crippen molar-refractivity contribution in [2.75, 3.05) is 5.32 Å². The van der Waals surface area contributed by atoms with Gasteiger partial charge in [0.25, 0.3) is 0 Å². The third-order valence-corrected chi connectivity index (χ3v) is 5.19. The van der Waals surface area contributed by atoms with Crippen molar-refractivity contribution >= 4 is 24.4 Å². The molecule has 0 bridgehead atoms. The van der Waals surface area contributed by atoms with E-state index in [4.69, 9.17) is 14.0 Å². The van der Waals surface area contributed by atoms with Crippen LogP contribution in [0.4, 0.5) is 10.5 Å². The molecule has 1 aromatic carbocycles. The van der Waals surface area contributed by atoms with Gasteiger partial charge in [-0.25, -0.2) is 4.79 Å². The molecule has 1 heterocycles. The van der Waals surface area contributed by atoms with Crippen molar-refractivity contribution in [3.8, 4) is 0 Å². The Morgan fingerprint density at radius 2 is 1.85 bits per heavy atom. The molecule has 138 valence electrons. The van der Waals surface area contributed by atoms with Gasteiger partial charge < -0.3 is 14.0 Å². The standard InChI is InChI=1S/C20H26BNO4/c1-14-13-15(22-18(23)24-16-9-7-6-8-10-16)11-12-17(14)21-25-19(2,3)20(4,5)26-21/h7,9-13H,6,8H2,1-5H3,(H,22,23). The first kappa shape index (κ1) is 18.7. The highest BCUT2D eigenvalue weighted by Crippen LogP contribution is 2.36. The summed E-state index contributed by atoms with van der Waals surface area (Å²) < 4.78 is 17.5. The maximum absolute atomic E-state index is 12.0. The molecule has 26 heavy (non-hydrogen) atoms. The van der Waals surface area contributed by atoms with E-state index in [1.165, 1.54) is 0 Å². The van der Waals surface area contributed by atoms with Crippen LogP contribution in [0.15, 0.2) is 42.2 Å². The third-order valence-electron chi connectivity index (χ3n) is 5.19. The maximum Gasteiger partial charge on any atom is 0.495 e. The van der Waals surface area contributed by atoms with E-state index in [-0.39, 0.29) is 11.2 Å². The lowest BCUT2D eigenvalue weighted by Crippen LogP contribution is -2.41. The summed E-state index contributed by atoms with van der Waals surface area (Å²) >= 11 is 0. The fourth-order valence-electron chi connectivity index (χ4n) is 2.90. The minimum Gasteiger partial charge on any atom is -0.410 e. The molecule has 1 aliphatic heterocycles. The fraction of sp³-hybridized carbons (Fsp3) is 0.450. The van der Waals surface area contributed by atoms with Crippen molar-refractivity contribution in [2.24, 2.45) is 0 Å². The van der Waals surface area contributed by atoms with Gasteiger partial charge in [0, 0.05) is 5.69 Å². The van der Waals surface area contributed by atoms with Gasteiger partial charge in [-0.05, 0) is 82.8 Å². The molecule has 1 amide bonds. The Hall–Kier alpha value is -2.05. The summed E-state index contributed by atoms with van der Waals surface area (Å²) in [4.78, 5) is 12.0. The number of allylic oxidation sites excluding steroid dienone is 3. The van der Waals surface area contributed by atoms with Crippen molar-refractivity contribution in [1.29, 1.82) is 0 Å². The number of carbonyl (C=O) groups is 1. The lowest BCUT2D eigenvalue weighted by atomic mass is 9.76.